The number of anilines is 1. The summed E-state index contributed by atoms with van der Waals surface area (Å²) in [5.74, 6) is -0.426. The third kappa shape index (κ3) is 3.00. The van der Waals surface area contributed by atoms with Crippen molar-refractivity contribution >= 4 is 28.3 Å². The van der Waals surface area contributed by atoms with E-state index < -0.39 is 11.4 Å². The Kier molecular flexibility index (Phi) is 3.96. The van der Waals surface area contributed by atoms with Crippen LogP contribution >= 0.6 is 11.6 Å². The van der Waals surface area contributed by atoms with Crippen molar-refractivity contribution in [3.63, 3.8) is 0 Å². The van der Waals surface area contributed by atoms with Crippen molar-refractivity contribution in [1.82, 2.24) is 0 Å². The van der Waals surface area contributed by atoms with Gasteiger partial charge in [-0.2, -0.15) is 0 Å². The maximum atomic E-state index is 13.2. The minimum atomic E-state index is -0.500. The van der Waals surface area contributed by atoms with Crippen molar-refractivity contribution < 1.29 is 13.9 Å². The van der Waals surface area contributed by atoms with Crippen LogP contribution in [0.25, 0.3) is 11.0 Å². The predicted molar refractivity (Wildman–Crippen MR) is 87.6 cm³/mol. The molecule has 0 unspecified atom stereocenters. The van der Waals surface area contributed by atoms with Gasteiger partial charge in [0.1, 0.15) is 17.1 Å². The van der Waals surface area contributed by atoms with Crippen molar-refractivity contribution in [2.24, 2.45) is 0 Å². The van der Waals surface area contributed by atoms with Gasteiger partial charge in [0.25, 0.3) is 0 Å². The first kappa shape index (κ1) is 15.4. The van der Waals surface area contributed by atoms with Gasteiger partial charge in [-0.15, -0.1) is 0 Å². The van der Waals surface area contributed by atoms with E-state index in [9.17, 15) is 14.3 Å². The molecule has 0 saturated carbocycles. The second kappa shape index (κ2) is 5.93. The smallest absolute Gasteiger partial charge is 0.336 e. The number of fused-ring (bicyclic) bond motifs is 1. The van der Waals surface area contributed by atoms with Gasteiger partial charge in [0.2, 0.25) is 0 Å². The number of rotatable bonds is 3. The monoisotopic (exact) mass is 333 g/mol. The van der Waals surface area contributed by atoms with E-state index in [0.717, 1.165) is 5.39 Å². The first-order valence-electron chi connectivity index (χ1n) is 6.90. The Balaban J connectivity index is 1.98. The molecule has 0 aliphatic heterocycles. The molecule has 3 aromatic rings. The van der Waals surface area contributed by atoms with Crippen LogP contribution in [0.15, 0.2) is 45.6 Å². The first-order valence-corrected chi connectivity index (χ1v) is 7.28. The van der Waals surface area contributed by atoms with E-state index in [2.05, 4.69) is 5.32 Å². The van der Waals surface area contributed by atoms with Crippen molar-refractivity contribution in [3.8, 4) is 5.75 Å². The van der Waals surface area contributed by atoms with E-state index in [-0.39, 0.29) is 10.8 Å². The molecule has 0 spiro atoms. The van der Waals surface area contributed by atoms with Crippen LogP contribution in [0.4, 0.5) is 10.1 Å². The Bertz CT molecular complexity index is 952. The minimum Gasteiger partial charge on any atom is -0.508 e. The van der Waals surface area contributed by atoms with E-state index in [4.69, 9.17) is 16.0 Å². The van der Waals surface area contributed by atoms with Crippen molar-refractivity contribution in [2.45, 2.75) is 13.5 Å². The van der Waals surface area contributed by atoms with Gasteiger partial charge in [0.15, 0.2) is 0 Å². The Hall–Kier alpha value is -2.53. The highest BCUT2D eigenvalue weighted by Gasteiger charge is 2.11. The molecule has 23 heavy (non-hydrogen) atoms. The SMILES string of the molecule is Cc1c(O)ccc2c(CNc3ccc(F)c(Cl)c3)cc(=O)oc12. The zero-order valence-electron chi connectivity index (χ0n) is 12.2. The van der Waals surface area contributed by atoms with Crippen LogP contribution in [0.3, 0.4) is 0 Å². The van der Waals surface area contributed by atoms with E-state index >= 15 is 0 Å². The maximum Gasteiger partial charge on any atom is 0.336 e. The summed E-state index contributed by atoms with van der Waals surface area (Å²) in [5.41, 5.74) is 1.70. The molecule has 6 heteroatoms. The predicted octanol–water partition coefficient (Wildman–Crippen LogP) is 4.21. The van der Waals surface area contributed by atoms with Gasteiger partial charge in [-0.05, 0) is 42.8 Å². The summed E-state index contributed by atoms with van der Waals surface area (Å²) in [6.45, 7) is 2.01. The molecule has 2 N–H and O–H groups in total. The molecule has 118 valence electrons. The van der Waals surface area contributed by atoms with Crippen LogP contribution in [0, 0.1) is 12.7 Å². The normalized spacial score (nSPS) is 10.9. The highest BCUT2D eigenvalue weighted by Crippen LogP contribution is 2.28. The summed E-state index contributed by atoms with van der Waals surface area (Å²) in [6.07, 6.45) is 0. The molecule has 0 saturated heterocycles. The number of phenolic OH excluding ortho intramolecular Hbond substituents is 1. The van der Waals surface area contributed by atoms with Crippen molar-refractivity contribution in [3.05, 3.63) is 68.8 Å². The molecule has 4 nitrogen and oxygen atoms in total. The van der Waals surface area contributed by atoms with Crippen LogP contribution in [0.5, 0.6) is 5.75 Å². The van der Waals surface area contributed by atoms with Crippen molar-refractivity contribution in [2.75, 3.05) is 5.32 Å². The van der Waals surface area contributed by atoms with Gasteiger partial charge in [-0.25, -0.2) is 9.18 Å². The van der Waals surface area contributed by atoms with Gasteiger partial charge in [-0.1, -0.05) is 11.6 Å². The summed E-state index contributed by atoms with van der Waals surface area (Å²) in [5, 5.41) is 13.6. The fourth-order valence-electron chi connectivity index (χ4n) is 2.37. The zero-order chi connectivity index (χ0) is 16.6. The average Bonchev–Trinajstić information content (AvgIpc) is 2.52. The lowest BCUT2D eigenvalue weighted by Crippen LogP contribution is -2.06. The second-order valence-corrected chi connectivity index (χ2v) is 5.57. The summed E-state index contributed by atoms with van der Waals surface area (Å²) in [7, 11) is 0. The maximum absolute atomic E-state index is 13.2. The molecular formula is C17H13ClFNO3. The number of aryl methyl sites for hydroxylation is 1. The number of hydrogen-bond acceptors (Lipinski definition) is 4. The number of phenols is 1. The zero-order valence-corrected chi connectivity index (χ0v) is 12.9. The molecule has 0 amide bonds. The van der Waals surface area contributed by atoms with Crippen LogP contribution in [-0.2, 0) is 6.54 Å². The third-order valence-corrected chi connectivity index (χ3v) is 3.91. The molecule has 2 aromatic carbocycles. The minimum absolute atomic E-state index is 0.0215. The molecule has 0 radical (unpaired) electrons. The van der Waals surface area contributed by atoms with Gasteiger partial charge in [0.05, 0.1) is 5.02 Å². The molecule has 0 aliphatic rings. The summed E-state index contributed by atoms with van der Waals surface area (Å²) in [6, 6.07) is 8.93. The van der Waals surface area contributed by atoms with Crippen molar-refractivity contribution in [1.29, 1.82) is 0 Å². The summed E-state index contributed by atoms with van der Waals surface area (Å²) in [4.78, 5) is 11.7. The Morgan fingerprint density at radius 1 is 1.26 bits per heavy atom. The van der Waals surface area contributed by atoms with Gasteiger partial charge in [-0.3, -0.25) is 0 Å². The molecule has 1 heterocycles. The average molecular weight is 334 g/mol. The van der Waals surface area contributed by atoms with E-state index in [0.29, 0.717) is 28.9 Å². The van der Waals surface area contributed by atoms with E-state index in [1.54, 1.807) is 25.1 Å². The van der Waals surface area contributed by atoms with Crippen LogP contribution in [-0.4, -0.2) is 5.11 Å². The Morgan fingerprint density at radius 2 is 2.04 bits per heavy atom. The molecule has 0 atom stereocenters. The molecule has 1 aromatic heterocycles. The lowest BCUT2D eigenvalue weighted by atomic mass is 10.1. The summed E-state index contributed by atoms with van der Waals surface area (Å²) < 4.78 is 18.4. The standard InChI is InChI=1S/C17H13ClFNO3/c1-9-15(21)5-3-12-10(6-16(22)23-17(9)12)8-20-11-2-4-14(19)13(18)7-11/h2-7,20-21H,8H2,1H3. The van der Waals surface area contributed by atoms with Gasteiger partial charge >= 0.3 is 5.63 Å². The quantitative estimate of drug-likeness (QED) is 0.705. The Morgan fingerprint density at radius 3 is 2.78 bits per heavy atom. The van der Waals surface area contributed by atoms with Gasteiger partial charge in [0, 0.05) is 29.2 Å². The van der Waals surface area contributed by atoms with Crippen LogP contribution in [0.1, 0.15) is 11.1 Å². The lowest BCUT2D eigenvalue weighted by molar-refractivity contribution is 0.468. The largest absolute Gasteiger partial charge is 0.508 e. The molecular weight excluding hydrogens is 321 g/mol. The van der Waals surface area contributed by atoms with Crippen LogP contribution in [0.2, 0.25) is 5.02 Å². The second-order valence-electron chi connectivity index (χ2n) is 5.16. The number of halogens is 2. The highest BCUT2D eigenvalue weighted by atomic mass is 35.5. The lowest BCUT2D eigenvalue weighted by Gasteiger charge is -2.10. The number of hydrogen-bond donors (Lipinski definition) is 2. The molecule has 0 aliphatic carbocycles. The molecule has 0 bridgehead atoms. The van der Waals surface area contributed by atoms with Gasteiger partial charge < -0.3 is 14.8 Å². The van der Waals surface area contributed by atoms with Crippen LogP contribution < -0.4 is 10.9 Å². The molecule has 3 rings (SSSR count). The molecule has 0 fully saturated rings. The fourth-order valence-corrected chi connectivity index (χ4v) is 2.55. The Labute approximate surface area is 136 Å². The van der Waals surface area contributed by atoms with E-state index in [1.165, 1.54) is 18.2 Å². The highest BCUT2D eigenvalue weighted by molar-refractivity contribution is 6.31. The topological polar surface area (TPSA) is 62.5 Å². The third-order valence-electron chi connectivity index (χ3n) is 3.62. The number of benzene rings is 2. The van der Waals surface area contributed by atoms with E-state index in [1.807, 2.05) is 0 Å². The number of aromatic hydroxyl groups is 1. The fraction of sp³-hybridized carbons (Fsp3) is 0.118. The summed E-state index contributed by atoms with van der Waals surface area (Å²) >= 11 is 5.75. The first-order chi connectivity index (χ1) is 11.0. The number of nitrogens with one attached hydrogen (secondary N) is 1.